The van der Waals surface area contributed by atoms with Gasteiger partial charge >= 0.3 is 0 Å². The molecule has 0 saturated carbocycles. The maximum Gasteiger partial charge on any atom is 0.271 e. The van der Waals surface area contributed by atoms with Crippen molar-refractivity contribution in [2.75, 3.05) is 13.2 Å². The molecule has 0 aliphatic carbocycles. The molecule has 0 aromatic carbocycles. The molecule has 2 amide bonds. The molecule has 2 fully saturated rings. The number of aromatic nitrogens is 2. The summed E-state index contributed by atoms with van der Waals surface area (Å²) in [5, 5.41) is 5.24. The molecule has 9 heteroatoms. The lowest BCUT2D eigenvalue weighted by molar-refractivity contribution is -0.142. The Morgan fingerprint density at radius 1 is 1.39 bits per heavy atom. The van der Waals surface area contributed by atoms with E-state index in [9.17, 15) is 14.4 Å². The summed E-state index contributed by atoms with van der Waals surface area (Å²) in [6.07, 6.45) is 5.17. The van der Waals surface area contributed by atoms with E-state index >= 15 is 0 Å². The third-order valence-corrected chi connectivity index (χ3v) is 6.48. The standard InChI is InChI=1S/C22H26N4O4S/c1-13(2)9-15(22(29)26-8-4-6-18-19(26)17(27)11-30-18)24-20(28)16-12-31-21(25-16)14-5-3-7-23-10-14/h3,5,7,10,12-13,15,18-19H,4,6,8-9,11H2,1-2H3,(H,24,28)/t15-,18+,19+/m0/s1. The Morgan fingerprint density at radius 2 is 2.23 bits per heavy atom. The van der Waals surface area contributed by atoms with Crippen LogP contribution < -0.4 is 5.32 Å². The van der Waals surface area contributed by atoms with Crippen LogP contribution >= 0.6 is 11.3 Å². The number of nitrogens with zero attached hydrogens (tertiary/aromatic N) is 3. The lowest BCUT2D eigenvalue weighted by Gasteiger charge is -2.37. The second kappa shape index (κ2) is 9.23. The van der Waals surface area contributed by atoms with E-state index in [2.05, 4.69) is 15.3 Å². The van der Waals surface area contributed by atoms with Crippen LogP contribution in [0.1, 0.15) is 43.6 Å². The van der Waals surface area contributed by atoms with Crippen LogP contribution in [0.25, 0.3) is 10.6 Å². The summed E-state index contributed by atoms with van der Waals surface area (Å²) < 4.78 is 5.56. The fraction of sp³-hybridized carbons (Fsp3) is 0.500. The monoisotopic (exact) mass is 442 g/mol. The number of ketones is 1. The zero-order valence-corrected chi connectivity index (χ0v) is 18.4. The molecule has 2 aliphatic heterocycles. The van der Waals surface area contributed by atoms with Crippen LogP contribution in [0.4, 0.5) is 0 Å². The van der Waals surface area contributed by atoms with Crippen LogP contribution in [0.15, 0.2) is 29.9 Å². The minimum Gasteiger partial charge on any atom is -0.368 e. The van der Waals surface area contributed by atoms with Crippen molar-refractivity contribution < 1.29 is 19.1 Å². The van der Waals surface area contributed by atoms with Crippen molar-refractivity contribution >= 4 is 28.9 Å². The van der Waals surface area contributed by atoms with Crippen LogP contribution in [-0.4, -0.2) is 63.8 Å². The second-order valence-electron chi connectivity index (χ2n) is 8.37. The topological polar surface area (TPSA) is 101 Å². The lowest BCUT2D eigenvalue weighted by Crippen LogP contribution is -2.58. The number of hydrogen-bond donors (Lipinski definition) is 1. The maximum absolute atomic E-state index is 13.4. The Kier molecular flexibility index (Phi) is 6.43. The molecule has 4 heterocycles. The first-order valence-electron chi connectivity index (χ1n) is 10.6. The van der Waals surface area contributed by atoms with Gasteiger partial charge in [0.2, 0.25) is 5.91 Å². The summed E-state index contributed by atoms with van der Waals surface area (Å²) in [6, 6.07) is 2.44. The van der Waals surface area contributed by atoms with Gasteiger partial charge in [-0.2, -0.15) is 0 Å². The molecule has 2 aromatic rings. The smallest absolute Gasteiger partial charge is 0.271 e. The molecule has 2 aliphatic rings. The first-order valence-corrected chi connectivity index (χ1v) is 11.4. The number of nitrogens with one attached hydrogen (secondary N) is 1. The van der Waals surface area contributed by atoms with Crippen molar-refractivity contribution in [1.82, 2.24) is 20.2 Å². The van der Waals surface area contributed by atoms with Gasteiger partial charge in [-0.1, -0.05) is 13.8 Å². The molecule has 2 saturated heterocycles. The highest BCUT2D eigenvalue weighted by Gasteiger charge is 2.45. The molecule has 0 radical (unpaired) electrons. The minimum absolute atomic E-state index is 0.0518. The minimum atomic E-state index is -0.719. The first kappa shape index (κ1) is 21.6. The summed E-state index contributed by atoms with van der Waals surface area (Å²) >= 11 is 1.35. The van der Waals surface area contributed by atoms with Gasteiger partial charge in [0.15, 0.2) is 5.78 Å². The fourth-order valence-corrected chi connectivity index (χ4v) is 4.95. The van der Waals surface area contributed by atoms with E-state index in [4.69, 9.17) is 4.74 Å². The molecule has 4 rings (SSSR count). The molecular formula is C22H26N4O4S. The van der Waals surface area contributed by atoms with Crippen LogP contribution in [0, 0.1) is 5.92 Å². The molecule has 8 nitrogen and oxygen atoms in total. The normalized spacial score (nSPS) is 21.8. The van der Waals surface area contributed by atoms with Gasteiger partial charge in [0.05, 0.1) is 6.10 Å². The summed E-state index contributed by atoms with van der Waals surface area (Å²) in [5.74, 6) is -0.494. The summed E-state index contributed by atoms with van der Waals surface area (Å²) in [6.45, 7) is 4.55. The molecule has 0 unspecified atom stereocenters. The molecule has 164 valence electrons. The molecule has 1 N–H and O–H groups in total. The van der Waals surface area contributed by atoms with Crippen molar-refractivity contribution in [2.24, 2.45) is 5.92 Å². The van der Waals surface area contributed by atoms with Crippen molar-refractivity contribution in [3.05, 3.63) is 35.6 Å². The highest BCUT2D eigenvalue weighted by atomic mass is 32.1. The largest absolute Gasteiger partial charge is 0.368 e. The summed E-state index contributed by atoms with van der Waals surface area (Å²) in [4.78, 5) is 48.7. The SMILES string of the molecule is CC(C)C[C@H](NC(=O)c1csc(-c2cccnc2)n1)C(=O)N1CCC[C@H]2OCC(=O)[C@H]21. The van der Waals surface area contributed by atoms with Crippen molar-refractivity contribution in [3.8, 4) is 10.6 Å². The Balaban J connectivity index is 1.50. The van der Waals surface area contributed by atoms with Crippen molar-refractivity contribution in [3.63, 3.8) is 0 Å². The van der Waals surface area contributed by atoms with Crippen LogP contribution in [-0.2, 0) is 14.3 Å². The number of hydrogen-bond acceptors (Lipinski definition) is 7. The van der Waals surface area contributed by atoms with Gasteiger partial charge in [0.1, 0.15) is 29.4 Å². The van der Waals surface area contributed by atoms with Gasteiger partial charge < -0.3 is 15.0 Å². The third kappa shape index (κ3) is 4.67. The number of fused-ring (bicyclic) bond motifs is 1. The average molecular weight is 443 g/mol. The van der Waals surface area contributed by atoms with Gasteiger partial charge in [-0.3, -0.25) is 19.4 Å². The number of thiazole rings is 1. The molecule has 31 heavy (non-hydrogen) atoms. The van der Waals surface area contributed by atoms with Crippen LogP contribution in [0.2, 0.25) is 0 Å². The van der Waals surface area contributed by atoms with Gasteiger partial charge in [0.25, 0.3) is 5.91 Å². The third-order valence-electron chi connectivity index (χ3n) is 5.58. The number of carbonyl (C=O) groups is 3. The molecular weight excluding hydrogens is 416 g/mol. The lowest BCUT2D eigenvalue weighted by atomic mass is 9.95. The fourth-order valence-electron chi connectivity index (χ4n) is 4.16. The number of rotatable bonds is 6. The van der Waals surface area contributed by atoms with E-state index in [1.165, 1.54) is 11.3 Å². The number of carbonyl (C=O) groups excluding carboxylic acids is 3. The molecule has 0 bridgehead atoms. The second-order valence-corrected chi connectivity index (χ2v) is 9.23. The van der Waals surface area contributed by atoms with Gasteiger partial charge in [0, 0.05) is 29.9 Å². The average Bonchev–Trinajstić information content (AvgIpc) is 3.41. The van der Waals surface area contributed by atoms with Crippen LogP contribution in [0.3, 0.4) is 0 Å². The van der Waals surface area contributed by atoms with E-state index in [1.807, 2.05) is 26.0 Å². The van der Waals surface area contributed by atoms with E-state index in [0.29, 0.717) is 18.0 Å². The zero-order valence-electron chi connectivity index (χ0n) is 17.6. The van der Waals surface area contributed by atoms with Gasteiger partial charge in [-0.15, -0.1) is 11.3 Å². The highest BCUT2D eigenvalue weighted by molar-refractivity contribution is 7.13. The predicted molar refractivity (Wildman–Crippen MR) is 116 cm³/mol. The number of piperidine rings is 1. The maximum atomic E-state index is 13.4. The summed E-state index contributed by atoms with van der Waals surface area (Å²) in [5.41, 5.74) is 1.10. The Morgan fingerprint density at radius 3 is 2.97 bits per heavy atom. The zero-order chi connectivity index (χ0) is 22.0. The highest BCUT2D eigenvalue weighted by Crippen LogP contribution is 2.28. The Labute approximate surface area is 185 Å². The van der Waals surface area contributed by atoms with Crippen molar-refractivity contribution in [2.45, 2.75) is 51.3 Å². The number of ether oxygens (including phenoxy) is 1. The van der Waals surface area contributed by atoms with Gasteiger partial charge in [-0.05, 0) is 37.3 Å². The van der Waals surface area contributed by atoms with E-state index in [-0.39, 0.29) is 36.0 Å². The number of pyridine rings is 1. The van der Waals surface area contributed by atoms with Crippen LogP contribution in [0.5, 0.6) is 0 Å². The number of likely N-dealkylation sites (tertiary alicyclic amines) is 1. The number of amides is 2. The Hall–Kier alpha value is -2.65. The van der Waals surface area contributed by atoms with E-state index < -0.39 is 18.0 Å². The predicted octanol–water partition coefficient (Wildman–Crippen LogP) is 2.31. The molecule has 2 aromatic heterocycles. The molecule has 0 spiro atoms. The number of Topliss-reactive ketones (excluding diaryl/α,β-unsaturated/α-hetero) is 1. The Bertz CT molecular complexity index is 961. The van der Waals surface area contributed by atoms with E-state index in [0.717, 1.165) is 18.4 Å². The van der Waals surface area contributed by atoms with E-state index in [1.54, 1.807) is 22.7 Å². The quantitative estimate of drug-likeness (QED) is 0.737. The van der Waals surface area contributed by atoms with Crippen molar-refractivity contribution in [1.29, 1.82) is 0 Å². The van der Waals surface area contributed by atoms with Gasteiger partial charge in [-0.25, -0.2) is 4.98 Å². The summed E-state index contributed by atoms with van der Waals surface area (Å²) in [7, 11) is 0. The first-order chi connectivity index (χ1) is 14.9. The molecule has 3 atom stereocenters.